The number of thioether (sulfide) groups is 1. The third kappa shape index (κ3) is 7.32. The van der Waals surface area contributed by atoms with Crippen LogP contribution in [0.25, 0.3) is 17.1 Å². The van der Waals surface area contributed by atoms with E-state index in [0.29, 0.717) is 17.4 Å². The van der Waals surface area contributed by atoms with Gasteiger partial charge in [-0.1, -0.05) is 75.9 Å². The Morgan fingerprint density at radius 2 is 1.75 bits per heavy atom. The summed E-state index contributed by atoms with van der Waals surface area (Å²) in [7, 11) is 0. The quantitative estimate of drug-likeness (QED) is 0.198. The Morgan fingerprint density at radius 1 is 1.05 bits per heavy atom. The van der Waals surface area contributed by atoms with Gasteiger partial charge in [0.05, 0.1) is 5.69 Å². The summed E-state index contributed by atoms with van der Waals surface area (Å²) in [5, 5.41) is 5.22. The molecule has 0 bridgehead atoms. The summed E-state index contributed by atoms with van der Waals surface area (Å²) in [5.41, 5.74) is 5.36. The molecule has 11 heteroatoms. The van der Waals surface area contributed by atoms with Crippen molar-refractivity contribution in [2.45, 2.75) is 58.7 Å². The van der Waals surface area contributed by atoms with Gasteiger partial charge in [0.2, 0.25) is 5.91 Å². The summed E-state index contributed by atoms with van der Waals surface area (Å²) in [6, 6.07) is 19.6. The van der Waals surface area contributed by atoms with Crippen LogP contribution in [0.1, 0.15) is 56.7 Å². The molecule has 4 aromatic rings. The number of anilines is 1. The van der Waals surface area contributed by atoms with E-state index in [0.717, 1.165) is 34.3 Å². The number of nitrogens with zero attached hydrogens (tertiary/aromatic N) is 5. The lowest BCUT2D eigenvalue weighted by Crippen LogP contribution is -2.27. The maximum Gasteiger partial charge on any atom is 0.573 e. The lowest BCUT2D eigenvalue weighted by Gasteiger charge is -2.25. The molecule has 0 N–H and O–H groups in total. The zero-order valence-electron chi connectivity index (χ0n) is 25.2. The third-order valence-corrected chi connectivity index (χ3v) is 8.40. The summed E-state index contributed by atoms with van der Waals surface area (Å²) in [4.78, 5) is 24.4. The van der Waals surface area contributed by atoms with Crippen LogP contribution in [0.15, 0.2) is 78.0 Å². The highest BCUT2D eigenvalue weighted by Gasteiger charge is 2.31. The fourth-order valence-corrected chi connectivity index (χ4v) is 6.08. The van der Waals surface area contributed by atoms with Crippen LogP contribution in [0.2, 0.25) is 0 Å². The first-order valence-electron chi connectivity index (χ1n) is 14.3. The second-order valence-corrected chi connectivity index (χ2v) is 12.8. The van der Waals surface area contributed by atoms with Gasteiger partial charge in [-0.15, -0.1) is 18.3 Å². The number of carbonyl (C=O) groups excluding carboxylic acids is 1. The van der Waals surface area contributed by atoms with Crippen molar-refractivity contribution in [2.75, 3.05) is 17.2 Å². The van der Waals surface area contributed by atoms with E-state index in [-0.39, 0.29) is 18.1 Å². The second kappa shape index (κ2) is 12.5. The van der Waals surface area contributed by atoms with Crippen molar-refractivity contribution in [3.05, 3.63) is 89.7 Å². The van der Waals surface area contributed by atoms with Crippen LogP contribution >= 0.6 is 11.8 Å². The highest BCUT2D eigenvalue weighted by Crippen LogP contribution is 2.35. The molecule has 1 aromatic heterocycles. The van der Waals surface area contributed by atoms with Crippen LogP contribution in [-0.2, 0) is 10.2 Å². The maximum atomic E-state index is 13.3. The van der Waals surface area contributed by atoms with E-state index >= 15 is 0 Å². The maximum absolute atomic E-state index is 13.3. The molecular weight excluding hydrogens is 587 g/mol. The average Bonchev–Trinajstić information content (AvgIpc) is 3.62. The highest BCUT2D eigenvalue weighted by atomic mass is 32.2. The Balaban J connectivity index is 1.27. The first-order chi connectivity index (χ1) is 20.8. The number of benzene rings is 3. The molecule has 0 radical (unpaired) electrons. The summed E-state index contributed by atoms with van der Waals surface area (Å²) in [6.45, 7) is 11.3. The molecule has 0 atom stereocenters. The molecule has 0 spiro atoms. The van der Waals surface area contributed by atoms with Gasteiger partial charge in [0, 0.05) is 30.0 Å². The molecule has 230 valence electrons. The fraction of sp³-hybridized carbons (Fsp3) is 0.333. The monoisotopic (exact) mass is 621 g/mol. The van der Waals surface area contributed by atoms with Crippen molar-refractivity contribution in [1.82, 2.24) is 14.8 Å². The number of aryl methyl sites for hydroxylation is 1. The number of hydrogen-bond donors (Lipinski definition) is 0. The number of hydrogen-bond acceptors (Lipinski definition) is 5. The second-order valence-electron chi connectivity index (χ2n) is 11.7. The smallest absolute Gasteiger partial charge is 0.406 e. The molecule has 3 aromatic carbocycles. The van der Waals surface area contributed by atoms with Crippen LogP contribution in [0.4, 0.5) is 18.9 Å². The fourth-order valence-electron chi connectivity index (χ4n) is 5.11. The predicted molar refractivity (Wildman–Crippen MR) is 169 cm³/mol. The average molecular weight is 622 g/mol. The zero-order valence-corrected chi connectivity index (χ0v) is 26.0. The first-order valence-corrected chi connectivity index (χ1v) is 15.3. The van der Waals surface area contributed by atoms with E-state index in [9.17, 15) is 18.0 Å². The number of aromatic nitrogens is 3. The van der Waals surface area contributed by atoms with Gasteiger partial charge in [-0.2, -0.15) is 4.99 Å². The van der Waals surface area contributed by atoms with Gasteiger partial charge in [0.25, 0.3) is 0 Å². The Bertz CT molecular complexity index is 1660. The number of aliphatic imine (C=N–C) groups is 1. The largest absolute Gasteiger partial charge is 0.573 e. The van der Waals surface area contributed by atoms with Gasteiger partial charge >= 0.3 is 6.36 Å². The van der Waals surface area contributed by atoms with E-state index in [2.05, 4.69) is 63.7 Å². The van der Waals surface area contributed by atoms with Crippen molar-refractivity contribution in [3.8, 4) is 22.8 Å². The number of rotatable bonds is 8. The summed E-state index contributed by atoms with van der Waals surface area (Å²) < 4.78 is 42.7. The van der Waals surface area contributed by atoms with E-state index < -0.39 is 11.8 Å². The molecule has 1 fully saturated rings. The van der Waals surface area contributed by atoms with Crippen molar-refractivity contribution < 1.29 is 22.7 Å². The van der Waals surface area contributed by atoms with Crippen LogP contribution in [0, 0.1) is 6.92 Å². The molecule has 0 unspecified atom stereocenters. The van der Waals surface area contributed by atoms with Gasteiger partial charge < -0.3 is 9.64 Å². The molecule has 0 aliphatic carbocycles. The van der Waals surface area contributed by atoms with Crippen molar-refractivity contribution in [3.63, 3.8) is 0 Å². The minimum Gasteiger partial charge on any atom is -0.406 e. The predicted octanol–water partition coefficient (Wildman–Crippen LogP) is 8.07. The number of amidine groups is 1. The van der Waals surface area contributed by atoms with E-state index in [1.54, 1.807) is 11.8 Å². The molecule has 7 nitrogen and oxygen atoms in total. The molecule has 1 aliphatic rings. The normalized spacial score (nSPS) is 14.9. The molecule has 1 aliphatic heterocycles. The Morgan fingerprint density at radius 3 is 2.41 bits per heavy atom. The summed E-state index contributed by atoms with van der Waals surface area (Å²) >= 11 is 1.61. The number of alkyl halides is 3. The Kier molecular flexibility index (Phi) is 8.88. The summed E-state index contributed by atoms with van der Waals surface area (Å²) in [6.07, 6.45) is -3.01. The van der Waals surface area contributed by atoms with Gasteiger partial charge in [-0.25, -0.2) is 9.67 Å². The molecular formula is C33H34F3N5O2S. The van der Waals surface area contributed by atoms with E-state index in [4.69, 9.17) is 0 Å². The lowest BCUT2D eigenvalue weighted by atomic mass is 9.81. The van der Waals surface area contributed by atoms with Crippen LogP contribution in [-0.4, -0.2) is 44.5 Å². The Hall–Kier alpha value is -4.12. The highest BCUT2D eigenvalue weighted by molar-refractivity contribution is 8.14. The molecule has 1 saturated heterocycles. The molecule has 0 saturated carbocycles. The standard InChI is InChI=1S/C33H34F3N5O2S/c1-21(2)27-15-6-22(3)18-28(27)40-16-17-44-31(40)38-29(42)19-32(4,5)24-9-7-23(8-10-24)30-37-20-41(39-30)25-11-13-26(14-12-25)43-33(34,35)36/h6-15,18,20-21H,16-17,19H2,1-5H3. The molecule has 1 amide bonds. The topological polar surface area (TPSA) is 72.6 Å². The SMILES string of the molecule is Cc1ccc(C(C)C)c(N2CCSC2=NC(=O)CC(C)(C)c2ccc(-c3ncn(-c4ccc(OC(F)(F)F)cc4)n3)cc2)c1. The van der Waals surface area contributed by atoms with Crippen LogP contribution in [0.5, 0.6) is 5.75 Å². The summed E-state index contributed by atoms with van der Waals surface area (Å²) in [5.74, 6) is 1.22. The number of ether oxygens (including phenoxy) is 1. The van der Waals surface area contributed by atoms with Crippen molar-refractivity contribution >= 4 is 28.5 Å². The minimum atomic E-state index is -4.75. The van der Waals surface area contributed by atoms with Gasteiger partial charge in [-0.05, 0) is 65.3 Å². The van der Waals surface area contributed by atoms with Gasteiger partial charge in [-0.3, -0.25) is 4.79 Å². The van der Waals surface area contributed by atoms with Gasteiger partial charge in [0.1, 0.15) is 12.1 Å². The minimum absolute atomic E-state index is 0.167. The third-order valence-electron chi connectivity index (χ3n) is 7.44. The lowest BCUT2D eigenvalue weighted by molar-refractivity contribution is -0.274. The molecule has 2 heterocycles. The van der Waals surface area contributed by atoms with Crippen molar-refractivity contribution in [2.24, 2.45) is 4.99 Å². The molecule has 44 heavy (non-hydrogen) atoms. The number of amides is 1. The van der Waals surface area contributed by atoms with Gasteiger partial charge in [0.15, 0.2) is 11.0 Å². The number of halogens is 3. The Labute approximate surface area is 259 Å². The van der Waals surface area contributed by atoms with Crippen LogP contribution < -0.4 is 9.64 Å². The van der Waals surface area contributed by atoms with Crippen LogP contribution in [0.3, 0.4) is 0 Å². The zero-order chi connectivity index (χ0) is 31.6. The number of carbonyl (C=O) groups is 1. The van der Waals surface area contributed by atoms with E-state index in [1.807, 2.05) is 38.1 Å². The van der Waals surface area contributed by atoms with Crippen molar-refractivity contribution in [1.29, 1.82) is 0 Å². The van der Waals surface area contributed by atoms with E-state index in [1.165, 1.54) is 46.4 Å². The first kappa shape index (κ1) is 31.3. The molecule has 5 rings (SSSR count).